The molecule has 4 heteroatoms. The van der Waals surface area contributed by atoms with E-state index in [0.717, 1.165) is 36.4 Å². The first-order chi connectivity index (χ1) is 13.1. The van der Waals surface area contributed by atoms with Crippen LogP contribution < -0.4 is 4.74 Å². The summed E-state index contributed by atoms with van der Waals surface area (Å²) in [6, 6.07) is 8.11. The molecule has 1 aromatic rings. The van der Waals surface area contributed by atoms with Crippen molar-refractivity contribution < 1.29 is 14.3 Å². The lowest BCUT2D eigenvalue weighted by atomic mass is 9.63. The first kappa shape index (κ1) is 16.8. The predicted molar refractivity (Wildman–Crippen MR) is 104 cm³/mol. The Hall–Kier alpha value is -2.33. The number of benzene rings is 1. The zero-order valence-electron chi connectivity index (χ0n) is 15.9. The number of hydrogen-bond donors (Lipinski definition) is 0. The molecule has 1 spiro atoms. The van der Waals surface area contributed by atoms with E-state index in [0.29, 0.717) is 12.0 Å². The van der Waals surface area contributed by atoms with Crippen molar-refractivity contribution in [2.75, 3.05) is 20.2 Å². The van der Waals surface area contributed by atoms with Gasteiger partial charge in [0.05, 0.1) is 13.2 Å². The van der Waals surface area contributed by atoms with Gasteiger partial charge in [0.25, 0.3) is 0 Å². The van der Waals surface area contributed by atoms with Gasteiger partial charge in [-0.15, -0.1) is 0 Å². The van der Waals surface area contributed by atoms with Gasteiger partial charge in [0, 0.05) is 18.7 Å². The molecular weight excluding hydrogens is 338 g/mol. The van der Waals surface area contributed by atoms with Gasteiger partial charge >= 0.3 is 5.97 Å². The molecule has 27 heavy (non-hydrogen) atoms. The Balaban J connectivity index is 1.61. The van der Waals surface area contributed by atoms with E-state index in [1.165, 1.54) is 6.42 Å². The topological polar surface area (TPSA) is 38.8 Å². The van der Waals surface area contributed by atoms with Crippen molar-refractivity contribution >= 4 is 5.97 Å². The van der Waals surface area contributed by atoms with Crippen LogP contribution in [0.2, 0.25) is 0 Å². The molecule has 140 valence electrons. The standard InChI is InChI=1S/C23H25NO3/c1-16-7-12-20-23(15-24(20)14-16)19-6-4-3-5-13-22(19,21(25)27-23)17-8-10-18(26-2)11-9-17/h3-6,8-11,13,16,20H,7,12,14-15H2,1-2H3/t16?,20-,22?,23+/m0/s1. The molecule has 3 aliphatic heterocycles. The SMILES string of the molecule is COc1ccc(C23C=CC=CC=C2[C@@]2(CN4CC(C)CC[C@H]42)OC3=O)cc1. The van der Waals surface area contributed by atoms with Gasteiger partial charge in [-0.25, -0.2) is 0 Å². The second kappa shape index (κ2) is 5.83. The van der Waals surface area contributed by atoms with Crippen LogP contribution in [0.4, 0.5) is 0 Å². The zero-order chi connectivity index (χ0) is 18.6. The fraction of sp³-hybridized carbons (Fsp3) is 0.435. The van der Waals surface area contributed by atoms with Crippen LogP contribution in [-0.4, -0.2) is 42.7 Å². The van der Waals surface area contributed by atoms with Gasteiger partial charge in [-0.05, 0) is 36.5 Å². The number of rotatable bonds is 2. The lowest BCUT2D eigenvalue weighted by molar-refractivity contribution is -0.182. The molecule has 0 aromatic heterocycles. The van der Waals surface area contributed by atoms with Crippen molar-refractivity contribution in [2.45, 2.75) is 36.8 Å². The van der Waals surface area contributed by atoms with Gasteiger partial charge in [0.15, 0.2) is 5.60 Å². The number of ether oxygens (including phenoxy) is 2. The normalized spacial score (nSPS) is 37.1. The number of methoxy groups -OCH3 is 1. The minimum atomic E-state index is -0.842. The second-order valence-electron chi connectivity index (χ2n) is 8.27. The number of piperidine rings is 1. The zero-order valence-corrected chi connectivity index (χ0v) is 15.9. The highest BCUT2D eigenvalue weighted by molar-refractivity contribution is 5.95. The van der Waals surface area contributed by atoms with Crippen LogP contribution in [0.15, 0.2) is 60.2 Å². The molecule has 0 bridgehead atoms. The molecule has 1 aliphatic carbocycles. The van der Waals surface area contributed by atoms with E-state index in [2.05, 4.69) is 17.9 Å². The van der Waals surface area contributed by atoms with Gasteiger partial charge in [-0.2, -0.15) is 0 Å². The van der Waals surface area contributed by atoms with E-state index >= 15 is 0 Å². The van der Waals surface area contributed by atoms with Crippen LogP contribution >= 0.6 is 0 Å². The summed E-state index contributed by atoms with van der Waals surface area (Å²) >= 11 is 0. The van der Waals surface area contributed by atoms with Gasteiger partial charge in [0.1, 0.15) is 11.2 Å². The van der Waals surface area contributed by atoms with Crippen molar-refractivity contribution in [1.29, 1.82) is 0 Å². The monoisotopic (exact) mass is 363 g/mol. The molecule has 0 saturated carbocycles. The maximum absolute atomic E-state index is 13.4. The number of nitrogens with zero attached hydrogens (tertiary/aromatic N) is 1. The van der Waals surface area contributed by atoms with Gasteiger partial charge in [0.2, 0.25) is 0 Å². The number of esters is 1. The van der Waals surface area contributed by atoms with Gasteiger partial charge < -0.3 is 9.47 Å². The van der Waals surface area contributed by atoms with E-state index in [1.807, 2.05) is 48.6 Å². The van der Waals surface area contributed by atoms with Crippen LogP contribution in [0, 0.1) is 5.92 Å². The average molecular weight is 363 g/mol. The molecule has 5 rings (SSSR count). The third kappa shape index (κ3) is 2.16. The molecule has 3 saturated heterocycles. The molecule has 0 N–H and O–H groups in total. The van der Waals surface area contributed by atoms with E-state index in [1.54, 1.807) is 7.11 Å². The predicted octanol–water partition coefficient (Wildman–Crippen LogP) is 3.40. The number of hydrogen-bond acceptors (Lipinski definition) is 4. The molecule has 0 amide bonds. The number of carbonyl (C=O) groups excluding carboxylic acids is 1. The Labute approximate surface area is 160 Å². The molecule has 3 heterocycles. The third-order valence-corrected chi connectivity index (χ3v) is 6.75. The Morgan fingerprint density at radius 2 is 1.96 bits per heavy atom. The quantitative estimate of drug-likeness (QED) is 0.755. The summed E-state index contributed by atoms with van der Waals surface area (Å²) < 4.78 is 11.5. The van der Waals surface area contributed by atoms with E-state index < -0.39 is 11.0 Å². The Bertz CT molecular complexity index is 868. The highest BCUT2D eigenvalue weighted by Gasteiger charge is 2.69. The van der Waals surface area contributed by atoms with E-state index in [-0.39, 0.29) is 5.97 Å². The maximum atomic E-state index is 13.4. The second-order valence-corrected chi connectivity index (χ2v) is 8.27. The largest absolute Gasteiger partial charge is 0.497 e. The summed E-state index contributed by atoms with van der Waals surface area (Å²) in [4.78, 5) is 15.9. The van der Waals surface area contributed by atoms with Crippen LogP contribution in [0.25, 0.3) is 0 Å². The summed E-state index contributed by atoms with van der Waals surface area (Å²) in [5, 5.41) is 0. The first-order valence-corrected chi connectivity index (χ1v) is 9.79. The fourth-order valence-electron chi connectivity index (χ4n) is 5.42. The highest BCUT2D eigenvalue weighted by Crippen LogP contribution is 2.57. The molecule has 0 radical (unpaired) electrons. The van der Waals surface area contributed by atoms with E-state index in [4.69, 9.17) is 9.47 Å². The number of allylic oxidation sites excluding steroid dienone is 4. The molecular formula is C23H25NO3. The third-order valence-electron chi connectivity index (χ3n) is 6.75. The van der Waals surface area contributed by atoms with Crippen LogP contribution in [0.5, 0.6) is 5.75 Å². The maximum Gasteiger partial charge on any atom is 0.325 e. The minimum absolute atomic E-state index is 0.155. The Kier molecular flexibility index (Phi) is 3.63. The lowest BCUT2D eigenvalue weighted by Gasteiger charge is -2.58. The summed E-state index contributed by atoms with van der Waals surface area (Å²) in [6.07, 6.45) is 12.4. The van der Waals surface area contributed by atoms with Crippen LogP contribution in [0.3, 0.4) is 0 Å². The molecule has 3 fully saturated rings. The molecule has 4 atom stereocenters. The number of carbonyl (C=O) groups is 1. The summed E-state index contributed by atoms with van der Waals surface area (Å²) in [5.41, 5.74) is 0.700. The summed E-state index contributed by atoms with van der Waals surface area (Å²) in [7, 11) is 1.65. The molecule has 4 nitrogen and oxygen atoms in total. The fourth-order valence-corrected chi connectivity index (χ4v) is 5.42. The van der Waals surface area contributed by atoms with Crippen molar-refractivity contribution in [2.24, 2.45) is 5.92 Å². The van der Waals surface area contributed by atoms with E-state index in [9.17, 15) is 4.79 Å². The van der Waals surface area contributed by atoms with Crippen molar-refractivity contribution in [3.8, 4) is 5.75 Å². The average Bonchev–Trinajstić information content (AvgIpc) is 2.81. The van der Waals surface area contributed by atoms with Crippen molar-refractivity contribution in [1.82, 2.24) is 4.90 Å². The minimum Gasteiger partial charge on any atom is -0.497 e. The van der Waals surface area contributed by atoms with Crippen LogP contribution in [-0.2, 0) is 14.9 Å². The van der Waals surface area contributed by atoms with Crippen molar-refractivity contribution in [3.05, 3.63) is 65.8 Å². The number of fused-ring (bicyclic) bond motifs is 4. The Morgan fingerprint density at radius 3 is 2.70 bits per heavy atom. The smallest absolute Gasteiger partial charge is 0.325 e. The molecule has 1 aromatic carbocycles. The van der Waals surface area contributed by atoms with Crippen LogP contribution in [0.1, 0.15) is 25.3 Å². The van der Waals surface area contributed by atoms with Crippen molar-refractivity contribution in [3.63, 3.8) is 0 Å². The van der Waals surface area contributed by atoms with Gasteiger partial charge in [-0.1, -0.05) is 49.4 Å². The molecule has 2 unspecified atom stereocenters. The molecule has 4 aliphatic rings. The first-order valence-electron chi connectivity index (χ1n) is 9.79. The summed E-state index contributed by atoms with van der Waals surface area (Å²) in [6.45, 7) is 4.21. The lowest BCUT2D eigenvalue weighted by Crippen LogP contribution is -2.72. The highest BCUT2D eigenvalue weighted by atomic mass is 16.6. The van der Waals surface area contributed by atoms with Gasteiger partial charge in [-0.3, -0.25) is 9.69 Å². The Morgan fingerprint density at radius 1 is 1.15 bits per heavy atom. The summed E-state index contributed by atoms with van der Waals surface area (Å²) in [5.74, 6) is 1.34.